The van der Waals surface area contributed by atoms with Crippen LogP contribution in [0.2, 0.25) is 0 Å². The second-order valence-corrected chi connectivity index (χ2v) is 5.81. The molecule has 0 aromatic heterocycles. The van der Waals surface area contributed by atoms with Crippen molar-refractivity contribution in [1.82, 2.24) is 4.90 Å². The SMILES string of the molecule is CC(C)(O)C(=O)N1CCC[C@H]2CCCC[C@H]21. The van der Waals surface area contributed by atoms with Crippen LogP contribution in [0.5, 0.6) is 0 Å². The number of rotatable bonds is 1. The Bertz CT molecular complexity index is 268. The van der Waals surface area contributed by atoms with Crippen LogP contribution in [-0.4, -0.2) is 34.1 Å². The number of likely N-dealkylation sites (tertiary alicyclic amines) is 1. The summed E-state index contributed by atoms with van der Waals surface area (Å²) in [6, 6.07) is 0.404. The number of hydrogen-bond acceptors (Lipinski definition) is 2. The lowest BCUT2D eigenvalue weighted by Gasteiger charge is -2.45. The van der Waals surface area contributed by atoms with Gasteiger partial charge in [-0.25, -0.2) is 0 Å². The van der Waals surface area contributed by atoms with Crippen LogP contribution < -0.4 is 0 Å². The average molecular weight is 225 g/mol. The number of carbonyl (C=O) groups excluding carboxylic acids is 1. The minimum absolute atomic E-state index is 0.0795. The third-order valence-corrected chi connectivity index (χ3v) is 4.03. The average Bonchev–Trinajstić information content (AvgIpc) is 2.26. The predicted molar refractivity (Wildman–Crippen MR) is 63.0 cm³/mol. The molecule has 2 aliphatic rings. The van der Waals surface area contributed by atoms with E-state index in [0.717, 1.165) is 19.4 Å². The first-order chi connectivity index (χ1) is 7.50. The smallest absolute Gasteiger partial charge is 0.254 e. The Balaban J connectivity index is 2.11. The molecule has 0 radical (unpaired) electrons. The molecule has 0 aromatic rings. The molecule has 0 bridgehead atoms. The molecule has 3 nitrogen and oxygen atoms in total. The second-order valence-electron chi connectivity index (χ2n) is 5.81. The van der Waals surface area contributed by atoms with Gasteiger partial charge in [0.2, 0.25) is 0 Å². The van der Waals surface area contributed by atoms with E-state index >= 15 is 0 Å². The molecule has 2 rings (SSSR count). The highest BCUT2D eigenvalue weighted by Gasteiger charge is 2.39. The van der Waals surface area contributed by atoms with E-state index < -0.39 is 5.60 Å². The van der Waals surface area contributed by atoms with Crippen LogP contribution >= 0.6 is 0 Å². The molecule has 1 N–H and O–H groups in total. The zero-order valence-corrected chi connectivity index (χ0v) is 10.4. The van der Waals surface area contributed by atoms with E-state index in [1.165, 1.54) is 25.7 Å². The largest absolute Gasteiger partial charge is 0.381 e. The molecule has 0 aromatic carbocycles. The number of piperidine rings is 1. The standard InChI is InChI=1S/C13H23NO2/c1-13(2,16)12(15)14-9-5-7-10-6-3-4-8-11(10)14/h10-11,16H,3-9H2,1-2H3/t10-,11-/m1/s1. The number of nitrogens with zero attached hydrogens (tertiary/aromatic N) is 1. The number of carbonyl (C=O) groups is 1. The molecule has 1 amide bonds. The second kappa shape index (κ2) is 4.36. The summed E-state index contributed by atoms with van der Waals surface area (Å²) >= 11 is 0. The lowest BCUT2D eigenvalue weighted by Crippen LogP contribution is -2.55. The van der Waals surface area contributed by atoms with Crippen molar-refractivity contribution in [2.45, 2.75) is 64.0 Å². The van der Waals surface area contributed by atoms with Gasteiger partial charge in [-0.05, 0) is 45.4 Å². The van der Waals surface area contributed by atoms with Crippen LogP contribution in [0.3, 0.4) is 0 Å². The van der Waals surface area contributed by atoms with Gasteiger partial charge in [-0.3, -0.25) is 4.79 Å². The van der Waals surface area contributed by atoms with Crippen LogP contribution in [0.25, 0.3) is 0 Å². The molecule has 1 aliphatic carbocycles. The number of amides is 1. The third kappa shape index (κ3) is 2.24. The Labute approximate surface area is 97.8 Å². The number of fused-ring (bicyclic) bond motifs is 1. The minimum atomic E-state index is -1.21. The summed E-state index contributed by atoms with van der Waals surface area (Å²) in [6.45, 7) is 4.04. The fourth-order valence-electron chi connectivity index (χ4n) is 3.23. The van der Waals surface area contributed by atoms with Gasteiger partial charge in [0.05, 0.1) is 0 Å². The lowest BCUT2D eigenvalue weighted by atomic mass is 9.78. The monoisotopic (exact) mass is 225 g/mol. The van der Waals surface area contributed by atoms with Crippen LogP contribution in [-0.2, 0) is 4.79 Å². The van der Waals surface area contributed by atoms with Crippen molar-refractivity contribution in [2.75, 3.05) is 6.54 Å². The quantitative estimate of drug-likeness (QED) is 0.741. The van der Waals surface area contributed by atoms with E-state index in [9.17, 15) is 9.90 Å². The Morgan fingerprint density at radius 2 is 1.81 bits per heavy atom. The van der Waals surface area contributed by atoms with Crippen molar-refractivity contribution in [1.29, 1.82) is 0 Å². The van der Waals surface area contributed by atoms with E-state index in [-0.39, 0.29) is 5.91 Å². The normalized spacial score (nSPS) is 31.1. The maximum absolute atomic E-state index is 12.2. The summed E-state index contributed by atoms with van der Waals surface area (Å²) in [5.74, 6) is 0.609. The van der Waals surface area contributed by atoms with Crippen molar-refractivity contribution in [3.63, 3.8) is 0 Å². The van der Waals surface area contributed by atoms with E-state index in [1.807, 2.05) is 4.90 Å². The lowest BCUT2D eigenvalue weighted by molar-refractivity contribution is -0.154. The maximum Gasteiger partial charge on any atom is 0.254 e. The van der Waals surface area contributed by atoms with Gasteiger partial charge in [0.25, 0.3) is 5.91 Å². The summed E-state index contributed by atoms with van der Waals surface area (Å²) in [5.41, 5.74) is -1.21. The molecule has 16 heavy (non-hydrogen) atoms. The fraction of sp³-hybridized carbons (Fsp3) is 0.923. The zero-order chi connectivity index (χ0) is 11.8. The summed E-state index contributed by atoms with van der Waals surface area (Å²) in [6.07, 6.45) is 7.30. The molecular weight excluding hydrogens is 202 g/mol. The molecule has 0 unspecified atom stereocenters. The Morgan fingerprint density at radius 1 is 1.19 bits per heavy atom. The molecule has 2 atom stereocenters. The van der Waals surface area contributed by atoms with E-state index in [1.54, 1.807) is 13.8 Å². The van der Waals surface area contributed by atoms with Crippen molar-refractivity contribution in [3.8, 4) is 0 Å². The molecule has 0 spiro atoms. The third-order valence-electron chi connectivity index (χ3n) is 4.03. The van der Waals surface area contributed by atoms with Crippen LogP contribution in [0, 0.1) is 5.92 Å². The van der Waals surface area contributed by atoms with Crippen molar-refractivity contribution < 1.29 is 9.90 Å². The summed E-state index contributed by atoms with van der Waals surface area (Å²) in [7, 11) is 0. The summed E-state index contributed by atoms with van der Waals surface area (Å²) in [4.78, 5) is 14.1. The van der Waals surface area contributed by atoms with Gasteiger partial charge in [-0.1, -0.05) is 12.8 Å². The highest BCUT2D eigenvalue weighted by molar-refractivity contribution is 5.84. The Hall–Kier alpha value is -0.570. The van der Waals surface area contributed by atoms with Gasteiger partial charge in [0.15, 0.2) is 0 Å². The predicted octanol–water partition coefficient (Wildman–Crippen LogP) is 1.94. The number of aliphatic hydroxyl groups is 1. The molecule has 92 valence electrons. The van der Waals surface area contributed by atoms with Crippen molar-refractivity contribution in [2.24, 2.45) is 5.92 Å². The summed E-state index contributed by atoms with van der Waals surface area (Å²) in [5, 5.41) is 9.84. The highest BCUT2D eigenvalue weighted by Crippen LogP contribution is 2.36. The van der Waals surface area contributed by atoms with Gasteiger partial charge in [0, 0.05) is 12.6 Å². The van der Waals surface area contributed by atoms with Gasteiger partial charge in [-0.2, -0.15) is 0 Å². The van der Waals surface area contributed by atoms with E-state index in [0.29, 0.717) is 12.0 Å². The molecule has 1 heterocycles. The van der Waals surface area contributed by atoms with Gasteiger partial charge < -0.3 is 10.0 Å². The molecule has 2 fully saturated rings. The fourth-order valence-corrected chi connectivity index (χ4v) is 3.23. The topological polar surface area (TPSA) is 40.5 Å². The zero-order valence-electron chi connectivity index (χ0n) is 10.4. The maximum atomic E-state index is 12.2. The molecule has 3 heteroatoms. The number of hydrogen-bond donors (Lipinski definition) is 1. The molecular formula is C13H23NO2. The van der Waals surface area contributed by atoms with Crippen molar-refractivity contribution in [3.05, 3.63) is 0 Å². The Morgan fingerprint density at radius 3 is 2.50 bits per heavy atom. The van der Waals surface area contributed by atoms with Gasteiger partial charge in [-0.15, -0.1) is 0 Å². The van der Waals surface area contributed by atoms with E-state index in [2.05, 4.69) is 0 Å². The minimum Gasteiger partial charge on any atom is -0.381 e. The van der Waals surface area contributed by atoms with E-state index in [4.69, 9.17) is 0 Å². The van der Waals surface area contributed by atoms with Crippen LogP contribution in [0.15, 0.2) is 0 Å². The molecule has 1 saturated heterocycles. The Kier molecular flexibility index (Phi) is 3.24. The molecule has 1 aliphatic heterocycles. The first-order valence-electron chi connectivity index (χ1n) is 6.53. The summed E-state index contributed by atoms with van der Waals surface area (Å²) < 4.78 is 0. The highest BCUT2D eigenvalue weighted by atomic mass is 16.3. The first kappa shape index (κ1) is 11.9. The van der Waals surface area contributed by atoms with Gasteiger partial charge >= 0.3 is 0 Å². The molecule has 1 saturated carbocycles. The van der Waals surface area contributed by atoms with Crippen molar-refractivity contribution >= 4 is 5.91 Å². The first-order valence-corrected chi connectivity index (χ1v) is 6.53. The van der Waals surface area contributed by atoms with Gasteiger partial charge in [0.1, 0.15) is 5.60 Å². The van der Waals surface area contributed by atoms with Crippen LogP contribution in [0.4, 0.5) is 0 Å². The van der Waals surface area contributed by atoms with Crippen LogP contribution in [0.1, 0.15) is 52.4 Å².